The molecule has 0 spiro atoms. The first-order valence-corrected chi connectivity index (χ1v) is 7.13. The van der Waals surface area contributed by atoms with Crippen LogP contribution in [0.3, 0.4) is 0 Å². The van der Waals surface area contributed by atoms with Crippen LogP contribution in [0.2, 0.25) is 0 Å². The second-order valence-electron chi connectivity index (χ2n) is 5.11. The van der Waals surface area contributed by atoms with E-state index in [1.54, 1.807) is 0 Å². The Hall–Kier alpha value is -1.35. The molecule has 106 valence electrons. The molecule has 2 N–H and O–H groups in total. The summed E-state index contributed by atoms with van der Waals surface area (Å²) in [6.07, 6.45) is 1.79. The first-order valence-electron chi connectivity index (χ1n) is 7.13. The van der Waals surface area contributed by atoms with E-state index in [0.29, 0.717) is 13.1 Å². The summed E-state index contributed by atoms with van der Waals surface area (Å²) in [4.78, 5) is 14.3. The second kappa shape index (κ2) is 7.95. The molecule has 1 amide bonds. The van der Waals surface area contributed by atoms with E-state index in [0.717, 1.165) is 19.4 Å². The van der Waals surface area contributed by atoms with Crippen LogP contribution >= 0.6 is 0 Å². The highest BCUT2D eigenvalue weighted by atomic mass is 16.2. The number of nitrogens with two attached hydrogens (primary N) is 1. The van der Waals surface area contributed by atoms with Crippen molar-refractivity contribution in [1.82, 2.24) is 4.90 Å². The molecule has 0 aliphatic rings. The van der Waals surface area contributed by atoms with E-state index < -0.39 is 0 Å². The third-order valence-corrected chi connectivity index (χ3v) is 3.58. The van der Waals surface area contributed by atoms with Gasteiger partial charge in [0.05, 0.1) is 0 Å². The number of aryl methyl sites for hydroxylation is 1. The summed E-state index contributed by atoms with van der Waals surface area (Å²) in [6, 6.07) is 8.24. The van der Waals surface area contributed by atoms with Crippen LogP contribution in [0.5, 0.6) is 0 Å². The van der Waals surface area contributed by atoms with Gasteiger partial charge in [-0.15, -0.1) is 0 Å². The van der Waals surface area contributed by atoms with Crippen molar-refractivity contribution < 1.29 is 4.79 Å². The molecule has 1 aromatic carbocycles. The van der Waals surface area contributed by atoms with Crippen LogP contribution in [0, 0.1) is 12.8 Å². The fourth-order valence-electron chi connectivity index (χ4n) is 2.20. The van der Waals surface area contributed by atoms with Crippen LogP contribution in [-0.2, 0) is 11.3 Å². The lowest BCUT2D eigenvalue weighted by molar-refractivity contribution is -0.135. The van der Waals surface area contributed by atoms with E-state index in [9.17, 15) is 4.79 Å². The number of amides is 1. The lowest BCUT2D eigenvalue weighted by atomic mass is 10.0. The van der Waals surface area contributed by atoms with Gasteiger partial charge in [0, 0.05) is 19.0 Å². The van der Waals surface area contributed by atoms with Crippen molar-refractivity contribution in [3.05, 3.63) is 35.4 Å². The predicted molar refractivity (Wildman–Crippen MR) is 79.7 cm³/mol. The number of rotatable bonds is 7. The van der Waals surface area contributed by atoms with Gasteiger partial charge in [-0.25, -0.2) is 0 Å². The second-order valence-corrected chi connectivity index (χ2v) is 5.11. The molecule has 0 saturated carbocycles. The average Bonchev–Trinajstić information content (AvgIpc) is 2.43. The molecule has 0 aromatic heterocycles. The Bertz CT molecular complexity index is 403. The first kappa shape index (κ1) is 15.7. The smallest absolute Gasteiger partial charge is 0.225 e. The minimum atomic E-state index is 0.0625. The molecule has 0 fully saturated rings. The Morgan fingerprint density at radius 1 is 1.37 bits per heavy atom. The van der Waals surface area contributed by atoms with Gasteiger partial charge in [0.2, 0.25) is 5.91 Å². The summed E-state index contributed by atoms with van der Waals surface area (Å²) in [5.41, 5.74) is 7.97. The van der Waals surface area contributed by atoms with Gasteiger partial charge in [-0.2, -0.15) is 0 Å². The summed E-state index contributed by atoms with van der Waals surface area (Å²) in [6.45, 7) is 8.23. The highest BCUT2D eigenvalue weighted by Gasteiger charge is 2.19. The molecule has 3 nitrogen and oxygen atoms in total. The molecule has 0 heterocycles. The van der Waals surface area contributed by atoms with Crippen LogP contribution in [0.15, 0.2) is 24.3 Å². The van der Waals surface area contributed by atoms with Crippen LogP contribution in [0.25, 0.3) is 0 Å². The van der Waals surface area contributed by atoms with Gasteiger partial charge in [0.25, 0.3) is 0 Å². The van der Waals surface area contributed by atoms with Gasteiger partial charge in [0.1, 0.15) is 0 Å². The van der Waals surface area contributed by atoms with E-state index in [-0.39, 0.29) is 11.8 Å². The number of hydrogen-bond donors (Lipinski definition) is 1. The lowest BCUT2D eigenvalue weighted by Gasteiger charge is -2.25. The third-order valence-electron chi connectivity index (χ3n) is 3.58. The highest BCUT2D eigenvalue weighted by molar-refractivity contribution is 5.78. The lowest BCUT2D eigenvalue weighted by Crippen LogP contribution is -2.35. The van der Waals surface area contributed by atoms with Crippen molar-refractivity contribution in [2.75, 3.05) is 13.1 Å². The number of carbonyl (C=O) groups excluding carboxylic acids is 1. The van der Waals surface area contributed by atoms with E-state index in [4.69, 9.17) is 5.73 Å². The molecule has 1 aromatic rings. The molecular weight excluding hydrogens is 236 g/mol. The zero-order chi connectivity index (χ0) is 14.3. The SMILES string of the molecule is CCN(Cc1ccccc1C)C(=O)C(C)CCCN. The van der Waals surface area contributed by atoms with Crippen LogP contribution < -0.4 is 5.73 Å². The standard InChI is InChI=1S/C16H26N2O/c1-4-18(16(19)14(3)9-7-11-17)12-15-10-6-5-8-13(15)2/h5-6,8,10,14H,4,7,9,11-12,17H2,1-3H3. The average molecular weight is 262 g/mol. The van der Waals surface area contributed by atoms with Crippen molar-refractivity contribution in [2.24, 2.45) is 11.7 Å². The molecule has 1 unspecified atom stereocenters. The number of carbonyl (C=O) groups is 1. The molecule has 0 bridgehead atoms. The van der Waals surface area contributed by atoms with Gasteiger partial charge in [-0.05, 0) is 44.4 Å². The van der Waals surface area contributed by atoms with Crippen LogP contribution in [0.1, 0.15) is 37.8 Å². The van der Waals surface area contributed by atoms with Crippen LogP contribution in [-0.4, -0.2) is 23.9 Å². The molecule has 0 saturated heterocycles. The Morgan fingerprint density at radius 3 is 2.63 bits per heavy atom. The van der Waals surface area contributed by atoms with Gasteiger partial charge >= 0.3 is 0 Å². The Kier molecular flexibility index (Phi) is 6.57. The van der Waals surface area contributed by atoms with Gasteiger partial charge in [-0.3, -0.25) is 4.79 Å². The topological polar surface area (TPSA) is 46.3 Å². The minimum absolute atomic E-state index is 0.0625. The van der Waals surface area contributed by atoms with Crippen LogP contribution in [0.4, 0.5) is 0 Å². The maximum absolute atomic E-state index is 12.4. The van der Waals surface area contributed by atoms with E-state index in [1.165, 1.54) is 11.1 Å². The fraction of sp³-hybridized carbons (Fsp3) is 0.562. The molecule has 3 heteroatoms. The highest BCUT2D eigenvalue weighted by Crippen LogP contribution is 2.15. The third kappa shape index (κ3) is 4.67. The van der Waals surface area contributed by atoms with Gasteiger partial charge in [0.15, 0.2) is 0 Å². The normalized spacial score (nSPS) is 12.2. The maximum Gasteiger partial charge on any atom is 0.225 e. The summed E-state index contributed by atoms with van der Waals surface area (Å²) in [7, 11) is 0. The molecule has 19 heavy (non-hydrogen) atoms. The summed E-state index contributed by atoms with van der Waals surface area (Å²) >= 11 is 0. The van der Waals surface area contributed by atoms with E-state index in [2.05, 4.69) is 19.1 Å². The predicted octanol–water partition coefficient (Wildman–Crippen LogP) is 2.72. The van der Waals surface area contributed by atoms with Crippen molar-refractivity contribution in [1.29, 1.82) is 0 Å². The molecular formula is C16H26N2O. The number of benzene rings is 1. The molecule has 0 aliphatic carbocycles. The quantitative estimate of drug-likeness (QED) is 0.821. The number of hydrogen-bond acceptors (Lipinski definition) is 2. The Balaban J connectivity index is 2.67. The zero-order valence-electron chi connectivity index (χ0n) is 12.4. The zero-order valence-corrected chi connectivity index (χ0v) is 12.4. The Labute approximate surface area is 116 Å². The largest absolute Gasteiger partial charge is 0.338 e. The molecule has 0 aliphatic heterocycles. The minimum Gasteiger partial charge on any atom is -0.338 e. The molecule has 1 atom stereocenters. The van der Waals surface area contributed by atoms with Crippen molar-refractivity contribution in [2.45, 2.75) is 40.2 Å². The summed E-state index contributed by atoms with van der Waals surface area (Å²) < 4.78 is 0. The Morgan fingerprint density at radius 2 is 2.05 bits per heavy atom. The summed E-state index contributed by atoms with van der Waals surface area (Å²) in [5.74, 6) is 0.298. The monoisotopic (exact) mass is 262 g/mol. The van der Waals surface area contributed by atoms with E-state index in [1.807, 2.05) is 30.9 Å². The molecule has 0 radical (unpaired) electrons. The fourth-order valence-corrected chi connectivity index (χ4v) is 2.20. The summed E-state index contributed by atoms with van der Waals surface area (Å²) in [5, 5.41) is 0. The van der Waals surface area contributed by atoms with Crippen molar-refractivity contribution >= 4 is 5.91 Å². The van der Waals surface area contributed by atoms with Gasteiger partial charge in [-0.1, -0.05) is 31.2 Å². The van der Waals surface area contributed by atoms with Gasteiger partial charge < -0.3 is 10.6 Å². The maximum atomic E-state index is 12.4. The van der Waals surface area contributed by atoms with E-state index >= 15 is 0 Å². The number of nitrogens with zero attached hydrogens (tertiary/aromatic N) is 1. The molecule has 1 rings (SSSR count). The van der Waals surface area contributed by atoms with Crippen molar-refractivity contribution in [3.8, 4) is 0 Å². The van der Waals surface area contributed by atoms with Crippen molar-refractivity contribution in [3.63, 3.8) is 0 Å². The first-order chi connectivity index (χ1) is 9.10.